The van der Waals surface area contributed by atoms with Gasteiger partial charge in [-0.1, -0.05) is 38.8 Å². The second kappa shape index (κ2) is 6.57. The Kier molecular flexibility index (Phi) is 5.33. The molecule has 0 saturated carbocycles. The van der Waals surface area contributed by atoms with Crippen molar-refractivity contribution in [3.05, 3.63) is 35.6 Å². The van der Waals surface area contributed by atoms with Crippen molar-refractivity contribution < 1.29 is 4.39 Å². The Morgan fingerprint density at radius 1 is 1.27 bits per heavy atom. The predicted molar refractivity (Wildman–Crippen MR) is 62.2 cm³/mol. The second-order valence-electron chi connectivity index (χ2n) is 3.94. The van der Waals surface area contributed by atoms with Gasteiger partial charge in [0, 0.05) is 6.54 Å². The molecule has 0 spiro atoms. The zero-order valence-electron chi connectivity index (χ0n) is 9.59. The SMILES string of the molecule is CCC(CC)CNCc1cccc(F)c1. The summed E-state index contributed by atoms with van der Waals surface area (Å²) in [4.78, 5) is 0. The molecular weight excluding hydrogens is 189 g/mol. The van der Waals surface area contributed by atoms with Gasteiger partial charge in [0.25, 0.3) is 0 Å². The Morgan fingerprint density at radius 2 is 2.00 bits per heavy atom. The van der Waals surface area contributed by atoms with Crippen molar-refractivity contribution in [1.82, 2.24) is 5.32 Å². The van der Waals surface area contributed by atoms with Gasteiger partial charge in [0.05, 0.1) is 0 Å². The Balaban J connectivity index is 2.31. The van der Waals surface area contributed by atoms with Crippen LogP contribution < -0.4 is 5.32 Å². The third-order valence-corrected chi connectivity index (χ3v) is 2.81. The Hall–Kier alpha value is -0.890. The molecule has 0 fully saturated rings. The van der Waals surface area contributed by atoms with E-state index in [4.69, 9.17) is 0 Å². The fraction of sp³-hybridized carbons (Fsp3) is 0.538. The summed E-state index contributed by atoms with van der Waals surface area (Å²) in [6.07, 6.45) is 2.40. The lowest BCUT2D eigenvalue weighted by Crippen LogP contribution is -2.21. The smallest absolute Gasteiger partial charge is 0.123 e. The van der Waals surface area contributed by atoms with Crippen LogP contribution in [0, 0.1) is 11.7 Å². The molecule has 0 amide bonds. The molecule has 0 atom stereocenters. The van der Waals surface area contributed by atoms with Crippen LogP contribution in [0.2, 0.25) is 0 Å². The summed E-state index contributed by atoms with van der Waals surface area (Å²) in [5.74, 6) is 0.579. The molecule has 0 aliphatic heterocycles. The van der Waals surface area contributed by atoms with E-state index in [0.29, 0.717) is 0 Å². The highest BCUT2D eigenvalue weighted by molar-refractivity contribution is 5.15. The van der Waals surface area contributed by atoms with Crippen molar-refractivity contribution >= 4 is 0 Å². The summed E-state index contributed by atoms with van der Waals surface area (Å²) in [7, 11) is 0. The Labute approximate surface area is 91.7 Å². The highest BCUT2D eigenvalue weighted by Crippen LogP contribution is 2.07. The lowest BCUT2D eigenvalue weighted by molar-refractivity contribution is 0.449. The Bertz CT molecular complexity index is 282. The largest absolute Gasteiger partial charge is 0.312 e. The average Bonchev–Trinajstić information content (AvgIpc) is 2.25. The first-order valence-electron chi connectivity index (χ1n) is 5.71. The van der Waals surface area contributed by atoms with Gasteiger partial charge in [0.1, 0.15) is 5.82 Å². The van der Waals surface area contributed by atoms with Gasteiger partial charge in [-0.25, -0.2) is 4.39 Å². The number of hydrogen-bond donors (Lipinski definition) is 1. The fourth-order valence-electron chi connectivity index (χ4n) is 1.64. The maximum absolute atomic E-state index is 12.9. The van der Waals surface area contributed by atoms with Crippen molar-refractivity contribution in [3.63, 3.8) is 0 Å². The summed E-state index contributed by atoms with van der Waals surface area (Å²) in [5.41, 5.74) is 1.01. The standard InChI is InChI=1S/C13H20FN/c1-3-11(4-2)9-15-10-12-6-5-7-13(14)8-12/h5-8,11,15H,3-4,9-10H2,1-2H3. The van der Waals surface area contributed by atoms with Crippen molar-refractivity contribution in [2.75, 3.05) is 6.54 Å². The summed E-state index contributed by atoms with van der Waals surface area (Å²) < 4.78 is 12.9. The highest BCUT2D eigenvalue weighted by Gasteiger charge is 2.02. The lowest BCUT2D eigenvalue weighted by Gasteiger charge is -2.13. The van der Waals surface area contributed by atoms with E-state index < -0.39 is 0 Å². The molecule has 0 radical (unpaired) electrons. The van der Waals surface area contributed by atoms with E-state index in [-0.39, 0.29) is 5.82 Å². The van der Waals surface area contributed by atoms with Gasteiger partial charge in [-0.05, 0) is 30.2 Å². The van der Waals surface area contributed by atoms with E-state index in [1.807, 2.05) is 6.07 Å². The zero-order chi connectivity index (χ0) is 11.1. The topological polar surface area (TPSA) is 12.0 Å². The van der Waals surface area contributed by atoms with Gasteiger partial charge >= 0.3 is 0 Å². The number of nitrogens with one attached hydrogen (secondary N) is 1. The Morgan fingerprint density at radius 3 is 2.60 bits per heavy atom. The van der Waals surface area contributed by atoms with Crippen molar-refractivity contribution in [1.29, 1.82) is 0 Å². The summed E-state index contributed by atoms with van der Waals surface area (Å²) >= 11 is 0. The van der Waals surface area contributed by atoms with E-state index in [9.17, 15) is 4.39 Å². The highest BCUT2D eigenvalue weighted by atomic mass is 19.1. The minimum atomic E-state index is -0.156. The summed E-state index contributed by atoms with van der Waals surface area (Å²) in [5, 5.41) is 3.36. The van der Waals surface area contributed by atoms with Gasteiger partial charge in [-0.15, -0.1) is 0 Å². The monoisotopic (exact) mass is 209 g/mol. The minimum Gasteiger partial charge on any atom is -0.312 e. The number of rotatable bonds is 6. The van der Waals surface area contributed by atoms with Crippen LogP contribution in [0.3, 0.4) is 0 Å². The van der Waals surface area contributed by atoms with E-state index in [2.05, 4.69) is 19.2 Å². The quantitative estimate of drug-likeness (QED) is 0.757. The molecule has 1 N–H and O–H groups in total. The van der Waals surface area contributed by atoms with Crippen molar-refractivity contribution in [3.8, 4) is 0 Å². The van der Waals surface area contributed by atoms with Crippen LogP contribution in [0.15, 0.2) is 24.3 Å². The van der Waals surface area contributed by atoms with E-state index >= 15 is 0 Å². The minimum absolute atomic E-state index is 0.156. The van der Waals surface area contributed by atoms with Gasteiger partial charge < -0.3 is 5.32 Å². The molecule has 0 aliphatic rings. The second-order valence-corrected chi connectivity index (χ2v) is 3.94. The molecule has 0 heterocycles. The molecule has 2 heteroatoms. The molecule has 0 aliphatic carbocycles. The van der Waals surface area contributed by atoms with Crippen LogP contribution in [0.25, 0.3) is 0 Å². The summed E-state index contributed by atoms with van der Waals surface area (Å²) in [6.45, 7) is 6.19. The van der Waals surface area contributed by atoms with Crippen molar-refractivity contribution in [2.24, 2.45) is 5.92 Å². The zero-order valence-corrected chi connectivity index (χ0v) is 9.59. The molecule has 1 nitrogen and oxygen atoms in total. The molecule has 0 saturated heterocycles. The third-order valence-electron chi connectivity index (χ3n) is 2.81. The van der Waals surface area contributed by atoms with Crippen molar-refractivity contribution in [2.45, 2.75) is 33.2 Å². The molecule has 0 aromatic heterocycles. The predicted octanol–water partition coefficient (Wildman–Crippen LogP) is 3.35. The number of benzene rings is 1. The lowest BCUT2D eigenvalue weighted by atomic mass is 10.0. The molecule has 1 rings (SSSR count). The fourth-order valence-corrected chi connectivity index (χ4v) is 1.64. The van der Waals surface area contributed by atoms with Gasteiger partial charge in [0.2, 0.25) is 0 Å². The molecule has 0 unspecified atom stereocenters. The van der Waals surface area contributed by atoms with Gasteiger partial charge in [0.15, 0.2) is 0 Å². The van der Waals surface area contributed by atoms with Crippen LogP contribution in [-0.2, 0) is 6.54 Å². The van der Waals surface area contributed by atoms with E-state index in [0.717, 1.165) is 24.6 Å². The number of halogens is 1. The molecule has 15 heavy (non-hydrogen) atoms. The maximum atomic E-state index is 12.9. The van der Waals surface area contributed by atoms with Gasteiger partial charge in [-0.3, -0.25) is 0 Å². The summed E-state index contributed by atoms with van der Waals surface area (Å²) in [6, 6.07) is 6.76. The average molecular weight is 209 g/mol. The number of hydrogen-bond acceptors (Lipinski definition) is 1. The molecule has 1 aromatic carbocycles. The molecule has 1 aromatic rings. The van der Waals surface area contributed by atoms with E-state index in [1.54, 1.807) is 12.1 Å². The van der Waals surface area contributed by atoms with Gasteiger partial charge in [-0.2, -0.15) is 0 Å². The maximum Gasteiger partial charge on any atom is 0.123 e. The van der Waals surface area contributed by atoms with Crippen LogP contribution in [0.5, 0.6) is 0 Å². The first-order chi connectivity index (χ1) is 7.26. The molecule has 84 valence electrons. The first-order valence-corrected chi connectivity index (χ1v) is 5.71. The van der Waals surface area contributed by atoms with Crippen LogP contribution in [0.1, 0.15) is 32.3 Å². The molecule has 0 bridgehead atoms. The third kappa shape index (κ3) is 4.43. The molecular formula is C13H20FN. The van der Waals surface area contributed by atoms with Crippen LogP contribution in [-0.4, -0.2) is 6.54 Å². The van der Waals surface area contributed by atoms with Crippen LogP contribution >= 0.6 is 0 Å². The first kappa shape index (κ1) is 12.2. The van der Waals surface area contributed by atoms with Crippen LogP contribution in [0.4, 0.5) is 4.39 Å². The van der Waals surface area contributed by atoms with E-state index in [1.165, 1.54) is 18.9 Å². The normalized spacial score (nSPS) is 10.9.